The number of rotatable bonds is 4. The number of thioether (sulfide) groups is 1. The number of hydrogen-bond acceptors (Lipinski definition) is 4. The Balaban J connectivity index is 1.75. The lowest BCUT2D eigenvalue weighted by Gasteiger charge is -2.11. The summed E-state index contributed by atoms with van der Waals surface area (Å²) in [4.78, 5) is 30.2. The minimum absolute atomic E-state index is 0.0188. The number of amides is 2. The molecule has 1 unspecified atom stereocenters. The molecule has 1 heterocycles. The first-order valence-electron chi connectivity index (χ1n) is 8.61. The van der Waals surface area contributed by atoms with Crippen molar-refractivity contribution in [2.75, 3.05) is 12.4 Å². The standard InChI is InChI=1S/C19H13Cl3F3N3O2S/c1-28-17(30)14(8-15(29)27-13-4-2-3-12(21)16(13)22)31-18(28)26-9-5-6-11(20)10(7-9)19(23,24)25/h2-7,14H,8H2,1H3,(H,27,29). The molecule has 3 rings (SSSR count). The van der Waals surface area contributed by atoms with Crippen LogP contribution in [-0.4, -0.2) is 34.2 Å². The molecule has 1 aliphatic heterocycles. The number of carbonyl (C=O) groups is 2. The van der Waals surface area contributed by atoms with Crippen molar-refractivity contribution in [3.8, 4) is 0 Å². The fourth-order valence-electron chi connectivity index (χ4n) is 2.68. The number of hydrogen-bond donors (Lipinski definition) is 1. The number of alkyl halides is 3. The van der Waals surface area contributed by atoms with Gasteiger partial charge in [0, 0.05) is 13.5 Å². The quantitative estimate of drug-likeness (QED) is 0.528. The van der Waals surface area contributed by atoms with E-state index in [0.29, 0.717) is 5.69 Å². The zero-order valence-electron chi connectivity index (χ0n) is 15.6. The second-order valence-electron chi connectivity index (χ2n) is 6.41. The predicted octanol–water partition coefficient (Wildman–Crippen LogP) is 6.26. The van der Waals surface area contributed by atoms with Gasteiger partial charge in [0.1, 0.15) is 5.25 Å². The minimum Gasteiger partial charge on any atom is -0.325 e. The fraction of sp³-hybridized carbons (Fsp3) is 0.211. The molecule has 0 spiro atoms. The lowest BCUT2D eigenvalue weighted by Crippen LogP contribution is -2.30. The van der Waals surface area contributed by atoms with Gasteiger partial charge >= 0.3 is 6.18 Å². The predicted molar refractivity (Wildman–Crippen MR) is 117 cm³/mol. The Hall–Kier alpha value is -1.94. The van der Waals surface area contributed by atoms with Gasteiger partial charge in [-0.15, -0.1) is 0 Å². The van der Waals surface area contributed by atoms with Gasteiger partial charge in [-0.3, -0.25) is 14.5 Å². The maximum Gasteiger partial charge on any atom is 0.417 e. The second kappa shape index (κ2) is 9.28. The molecule has 31 heavy (non-hydrogen) atoms. The molecule has 1 aliphatic rings. The van der Waals surface area contributed by atoms with Crippen LogP contribution in [0.4, 0.5) is 24.5 Å². The maximum absolute atomic E-state index is 13.1. The van der Waals surface area contributed by atoms with Gasteiger partial charge in [0.15, 0.2) is 5.17 Å². The molecule has 0 aromatic heterocycles. The van der Waals surface area contributed by atoms with E-state index in [9.17, 15) is 22.8 Å². The highest BCUT2D eigenvalue weighted by Crippen LogP contribution is 2.38. The van der Waals surface area contributed by atoms with Crippen LogP contribution in [0.25, 0.3) is 0 Å². The van der Waals surface area contributed by atoms with Crippen LogP contribution in [0.1, 0.15) is 12.0 Å². The smallest absolute Gasteiger partial charge is 0.325 e. The Bertz CT molecular complexity index is 1080. The summed E-state index contributed by atoms with van der Waals surface area (Å²) >= 11 is 18.5. The largest absolute Gasteiger partial charge is 0.417 e. The normalized spacial score (nSPS) is 18.0. The van der Waals surface area contributed by atoms with Crippen LogP contribution in [0.5, 0.6) is 0 Å². The number of amidine groups is 1. The molecule has 0 saturated carbocycles. The van der Waals surface area contributed by atoms with Crippen molar-refractivity contribution in [2.45, 2.75) is 17.8 Å². The maximum atomic E-state index is 13.1. The highest BCUT2D eigenvalue weighted by atomic mass is 35.5. The third kappa shape index (κ3) is 5.46. The van der Waals surface area contributed by atoms with E-state index in [1.165, 1.54) is 18.0 Å². The van der Waals surface area contributed by atoms with Gasteiger partial charge in [-0.1, -0.05) is 52.6 Å². The SMILES string of the molecule is CN1C(=O)C(CC(=O)Nc2cccc(Cl)c2Cl)SC1=Nc1ccc(Cl)c(C(F)(F)F)c1. The highest BCUT2D eigenvalue weighted by molar-refractivity contribution is 8.15. The van der Waals surface area contributed by atoms with Crippen molar-refractivity contribution >= 4 is 74.9 Å². The van der Waals surface area contributed by atoms with Gasteiger partial charge in [0.05, 0.1) is 32.0 Å². The van der Waals surface area contributed by atoms with E-state index < -0.39 is 33.8 Å². The Labute approximate surface area is 194 Å². The molecule has 2 aromatic carbocycles. The third-order valence-electron chi connectivity index (χ3n) is 4.22. The molecule has 0 aliphatic carbocycles. The summed E-state index contributed by atoms with van der Waals surface area (Å²) in [7, 11) is 1.43. The van der Waals surface area contributed by atoms with Gasteiger partial charge in [0.2, 0.25) is 11.8 Å². The summed E-state index contributed by atoms with van der Waals surface area (Å²) in [5.74, 6) is -0.878. The molecule has 1 atom stereocenters. The summed E-state index contributed by atoms with van der Waals surface area (Å²) < 4.78 is 39.2. The molecule has 12 heteroatoms. The van der Waals surface area contributed by atoms with Crippen molar-refractivity contribution < 1.29 is 22.8 Å². The highest BCUT2D eigenvalue weighted by Gasteiger charge is 2.37. The van der Waals surface area contributed by atoms with Crippen LogP contribution in [0, 0.1) is 0 Å². The Morgan fingerprint density at radius 1 is 1.19 bits per heavy atom. The molecular formula is C19H13Cl3F3N3O2S. The van der Waals surface area contributed by atoms with Crippen LogP contribution < -0.4 is 5.32 Å². The number of aliphatic imine (C=N–C) groups is 1. The summed E-state index contributed by atoms with van der Waals surface area (Å²) in [6.45, 7) is 0. The lowest BCUT2D eigenvalue weighted by molar-refractivity contribution is -0.137. The molecule has 0 bridgehead atoms. The van der Waals surface area contributed by atoms with Crippen molar-refractivity contribution in [2.24, 2.45) is 4.99 Å². The number of anilines is 1. The second-order valence-corrected chi connectivity index (χ2v) is 8.78. The summed E-state index contributed by atoms with van der Waals surface area (Å²) in [5.41, 5.74) is -0.741. The van der Waals surface area contributed by atoms with Crippen LogP contribution in [0.15, 0.2) is 41.4 Å². The first-order chi connectivity index (χ1) is 14.5. The van der Waals surface area contributed by atoms with E-state index in [0.717, 1.165) is 23.9 Å². The molecule has 5 nitrogen and oxygen atoms in total. The van der Waals surface area contributed by atoms with Gasteiger partial charge < -0.3 is 5.32 Å². The Kier molecular flexibility index (Phi) is 7.10. The van der Waals surface area contributed by atoms with Gasteiger partial charge in [-0.25, -0.2) is 4.99 Å². The topological polar surface area (TPSA) is 61.8 Å². The molecule has 1 N–H and O–H groups in total. The van der Waals surface area contributed by atoms with Crippen LogP contribution >= 0.6 is 46.6 Å². The van der Waals surface area contributed by atoms with Gasteiger partial charge in [-0.2, -0.15) is 13.2 Å². The summed E-state index contributed by atoms with van der Waals surface area (Å²) in [5, 5.41) is 1.95. The number of halogens is 6. The summed E-state index contributed by atoms with van der Waals surface area (Å²) in [6, 6.07) is 7.94. The number of carbonyl (C=O) groups excluding carboxylic acids is 2. The average Bonchev–Trinajstić information content (AvgIpc) is 2.94. The van der Waals surface area contributed by atoms with E-state index in [1.807, 2.05) is 0 Å². The zero-order valence-corrected chi connectivity index (χ0v) is 18.7. The molecule has 164 valence electrons. The number of nitrogens with one attached hydrogen (secondary N) is 1. The van der Waals surface area contributed by atoms with Crippen molar-refractivity contribution in [1.29, 1.82) is 0 Å². The third-order valence-corrected chi connectivity index (χ3v) is 6.59. The van der Waals surface area contributed by atoms with E-state index in [2.05, 4.69) is 10.3 Å². The number of benzene rings is 2. The zero-order chi connectivity index (χ0) is 22.9. The first-order valence-corrected chi connectivity index (χ1v) is 10.6. The minimum atomic E-state index is -4.64. The van der Waals surface area contributed by atoms with Gasteiger partial charge in [0.25, 0.3) is 0 Å². The van der Waals surface area contributed by atoms with E-state index in [-0.39, 0.29) is 27.3 Å². The van der Waals surface area contributed by atoms with Crippen LogP contribution in [0.3, 0.4) is 0 Å². The van der Waals surface area contributed by atoms with Crippen LogP contribution in [0.2, 0.25) is 15.1 Å². The van der Waals surface area contributed by atoms with Crippen LogP contribution in [-0.2, 0) is 15.8 Å². The first kappa shape index (κ1) is 23.7. The Morgan fingerprint density at radius 3 is 2.58 bits per heavy atom. The molecule has 2 amide bonds. The summed E-state index contributed by atoms with van der Waals surface area (Å²) in [6.07, 6.45) is -4.83. The number of nitrogens with zero attached hydrogens (tertiary/aromatic N) is 2. The average molecular weight is 511 g/mol. The van der Waals surface area contributed by atoms with E-state index in [4.69, 9.17) is 34.8 Å². The monoisotopic (exact) mass is 509 g/mol. The van der Waals surface area contributed by atoms with Gasteiger partial charge in [-0.05, 0) is 30.3 Å². The van der Waals surface area contributed by atoms with Crippen molar-refractivity contribution in [3.63, 3.8) is 0 Å². The molecular weight excluding hydrogens is 498 g/mol. The molecule has 1 saturated heterocycles. The molecule has 2 aromatic rings. The lowest BCUT2D eigenvalue weighted by atomic mass is 10.2. The van der Waals surface area contributed by atoms with Crippen molar-refractivity contribution in [3.05, 3.63) is 57.0 Å². The fourth-order valence-corrected chi connectivity index (χ4v) is 4.40. The van der Waals surface area contributed by atoms with E-state index >= 15 is 0 Å². The molecule has 1 fully saturated rings. The Morgan fingerprint density at radius 2 is 1.90 bits per heavy atom. The van der Waals surface area contributed by atoms with Crippen molar-refractivity contribution in [1.82, 2.24) is 4.90 Å². The van der Waals surface area contributed by atoms with E-state index in [1.54, 1.807) is 18.2 Å². The molecule has 0 radical (unpaired) electrons.